The Morgan fingerprint density at radius 1 is 1.09 bits per heavy atom. The summed E-state index contributed by atoms with van der Waals surface area (Å²) in [7, 11) is 0. The number of fused-ring (bicyclic) bond motifs is 2. The van der Waals surface area contributed by atoms with Gasteiger partial charge in [0.15, 0.2) is 5.65 Å². The monoisotopic (exact) mass is 293 g/mol. The van der Waals surface area contributed by atoms with Crippen molar-refractivity contribution in [1.82, 2.24) is 20.2 Å². The summed E-state index contributed by atoms with van der Waals surface area (Å²) in [4.78, 5) is 8.60. The number of pyridine rings is 2. The average Bonchev–Trinajstić information content (AvgIpc) is 3.00. The summed E-state index contributed by atoms with van der Waals surface area (Å²) in [6, 6.07) is 8.60. The Hall–Kier alpha value is -3.02. The number of hydrogen-bond donors (Lipinski definition) is 2. The summed E-state index contributed by atoms with van der Waals surface area (Å²) in [5.74, 6) is -0.263. The molecule has 0 aliphatic heterocycles. The zero-order valence-corrected chi connectivity index (χ0v) is 11.5. The number of nitrogens with one attached hydrogen (secondary N) is 2. The minimum absolute atomic E-state index is 0.263. The van der Waals surface area contributed by atoms with E-state index >= 15 is 0 Å². The van der Waals surface area contributed by atoms with Crippen molar-refractivity contribution < 1.29 is 4.39 Å². The Morgan fingerprint density at radius 3 is 3.00 bits per heavy atom. The Labute approximate surface area is 125 Å². The lowest BCUT2D eigenvalue weighted by Crippen LogP contribution is -2.02. The maximum atomic E-state index is 13.7. The third-order valence-corrected chi connectivity index (χ3v) is 3.52. The summed E-state index contributed by atoms with van der Waals surface area (Å²) in [5, 5.41) is 11.7. The highest BCUT2D eigenvalue weighted by atomic mass is 19.1. The molecule has 2 N–H and O–H groups in total. The van der Waals surface area contributed by atoms with Gasteiger partial charge in [0, 0.05) is 29.1 Å². The van der Waals surface area contributed by atoms with Crippen molar-refractivity contribution in [1.29, 1.82) is 0 Å². The minimum atomic E-state index is -0.263. The molecule has 5 nitrogen and oxygen atoms in total. The molecule has 0 amide bonds. The first-order valence-corrected chi connectivity index (χ1v) is 6.86. The highest BCUT2D eigenvalue weighted by Gasteiger charge is 2.06. The van der Waals surface area contributed by atoms with Crippen molar-refractivity contribution in [3.05, 3.63) is 60.3 Å². The first-order chi connectivity index (χ1) is 10.8. The lowest BCUT2D eigenvalue weighted by atomic mass is 10.1. The van der Waals surface area contributed by atoms with Crippen LogP contribution in [0.1, 0.15) is 5.56 Å². The third-order valence-electron chi connectivity index (χ3n) is 3.52. The van der Waals surface area contributed by atoms with Gasteiger partial charge in [0.25, 0.3) is 0 Å². The van der Waals surface area contributed by atoms with Gasteiger partial charge in [-0.05, 0) is 24.3 Å². The zero-order chi connectivity index (χ0) is 14.9. The molecule has 0 unspecified atom stereocenters. The molecular weight excluding hydrogens is 281 g/mol. The van der Waals surface area contributed by atoms with E-state index in [1.807, 2.05) is 12.1 Å². The first kappa shape index (κ1) is 12.7. The van der Waals surface area contributed by atoms with Gasteiger partial charge in [-0.3, -0.25) is 10.1 Å². The van der Waals surface area contributed by atoms with Crippen LogP contribution in [-0.2, 0) is 6.54 Å². The molecule has 6 heteroatoms. The first-order valence-electron chi connectivity index (χ1n) is 6.86. The van der Waals surface area contributed by atoms with E-state index in [9.17, 15) is 4.39 Å². The quantitative estimate of drug-likeness (QED) is 0.608. The highest BCUT2D eigenvalue weighted by molar-refractivity contribution is 5.82. The molecule has 3 heterocycles. The van der Waals surface area contributed by atoms with Gasteiger partial charge in [-0.2, -0.15) is 5.10 Å². The molecule has 0 saturated carbocycles. The number of rotatable bonds is 3. The molecule has 0 atom stereocenters. The SMILES string of the molecule is Fc1cc(CNc2cnc3[nH]ncc3c2)c2ncccc2c1. The van der Waals surface area contributed by atoms with Crippen LogP contribution in [0, 0.1) is 5.82 Å². The van der Waals surface area contributed by atoms with Crippen LogP contribution in [0.3, 0.4) is 0 Å². The Bertz CT molecular complexity index is 963. The molecule has 4 rings (SSSR count). The number of hydrogen-bond acceptors (Lipinski definition) is 4. The van der Waals surface area contributed by atoms with Crippen molar-refractivity contribution >= 4 is 27.6 Å². The number of H-pyrrole nitrogens is 1. The number of nitrogens with zero attached hydrogens (tertiary/aromatic N) is 3. The second-order valence-corrected chi connectivity index (χ2v) is 5.03. The van der Waals surface area contributed by atoms with E-state index in [-0.39, 0.29) is 5.82 Å². The molecule has 3 aromatic heterocycles. The maximum absolute atomic E-state index is 13.7. The van der Waals surface area contributed by atoms with E-state index in [4.69, 9.17) is 0 Å². The van der Waals surface area contributed by atoms with Gasteiger partial charge >= 0.3 is 0 Å². The van der Waals surface area contributed by atoms with Gasteiger partial charge in [-0.25, -0.2) is 9.37 Å². The number of benzene rings is 1. The van der Waals surface area contributed by atoms with Crippen molar-refractivity contribution in [3.8, 4) is 0 Å². The van der Waals surface area contributed by atoms with Gasteiger partial charge < -0.3 is 5.32 Å². The van der Waals surface area contributed by atoms with Crippen LogP contribution in [0.4, 0.5) is 10.1 Å². The third kappa shape index (κ3) is 2.24. The molecule has 0 spiro atoms. The second-order valence-electron chi connectivity index (χ2n) is 5.03. The number of anilines is 1. The smallest absolute Gasteiger partial charge is 0.155 e. The van der Waals surface area contributed by atoms with Gasteiger partial charge in [0.05, 0.1) is 23.6 Å². The van der Waals surface area contributed by atoms with Gasteiger partial charge in [0.2, 0.25) is 0 Å². The molecule has 22 heavy (non-hydrogen) atoms. The molecule has 108 valence electrons. The summed E-state index contributed by atoms with van der Waals surface area (Å²) >= 11 is 0. The number of aromatic nitrogens is 4. The van der Waals surface area contributed by atoms with Crippen molar-refractivity contribution in [2.24, 2.45) is 0 Å². The van der Waals surface area contributed by atoms with E-state index in [0.717, 1.165) is 33.2 Å². The van der Waals surface area contributed by atoms with Crippen LogP contribution in [-0.4, -0.2) is 20.2 Å². The van der Waals surface area contributed by atoms with E-state index in [0.29, 0.717) is 6.54 Å². The van der Waals surface area contributed by atoms with Crippen LogP contribution in [0.15, 0.2) is 48.9 Å². The fourth-order valence-electron chi connectivity index (χ4n) is 2.49. The van der Waals surface area contributed by atoms with Crippen LogP contribution in [0.2, 0.25) is 0 Å². The summed E-state index contributed by atoms with van der Waals surface area (Å²) < 4.78 is 13.7. The van der Waals surface area contributed by atoms with E-state index in [1.165, 1.54) is 12.1 Å². The lowest BCUT2D eigenvalue weighted by Gasteiger charge is -2.09. The maximum Gasteiger partial charge on any atom is 0.155 e. The Morgan fingerprint density at radius 2 is 2.05 bits per heavy atom. The standard InChI is InChI=1S/C16H12FN5/c17-13-4-10-2-1-3-18-15(10)11(5-13)7-19-14-6-12-8-21-22-16(12)20-9-14/h1-6,8-9,19H,7H2,(H,20,21,22). The topological polar surface area (TPSA) is 66.5 Å². The van der Waals surface area contributed by atoms with Crippen LogP contribution in [0.25, 0.3) is 21.9 Å². The predicted molar refractivity (Wildman–Crippen MR) is 82.9 cm³/mol. The second kappa shape index (κ2) is 5.07. The van der Waals surface area contributed by atoms with Crippen LogP contribution in [0.5, 0.6) is 0 Å². The molecule has 0 radical (unpaired) electrons. The van der Waals surface area contributed by atoms with Gasteiger partial charge in [0.1, 0.15) is 5.82 Å². The van der Waals surface area contributed by atoms with E-state index < -0.39 is 0 Å². The van der Waals surface area contributed by atoms with E-state index in [2.05, 4.69) is 25.5 Å². The molecule has 0 fully saturated rings. The molecular formula is C16H12FN5. The normalized spacial score (nSPS) is 11.1. The molecule has 0 saturated heterocycles. The average molecular weight is 293 g/mol. The minimum Gasteiger partial charge on any atom is -0.380 e. The van der Waals surface area contributed by atoms with Crippen LogP contribution >= 0.6 is 0 Å². The predicted octanol–water partition coefficient (Wildman–Crippen LogP) is 3.26. The molecule has 4 aromatic rings. The fraction of sp³-hybridized carbons (Fsp3) is 0.0625. The largest absolute Gasteiger partial charge is 0.380 e. The zero-order valence-electron chi connectivity index (χ0n) is 11.5. The molecule has 0 bridgehead atoms. The highest BCUT2D eigenvalue weighted by Crippen LogP contribution is 2.20. The van der Waals surface area contributed by atoms with Crippen molar-refractivity contribution in [2.75, 3.05) is 5.32 Å². The Kier molecular flexibility index (Phi) is 2.93. The molecule has 0 aliphatic carbocycles. The van der Waals surface area contributed by atoms with Gasteiger partial charge in [-0.1, -0.05) is 6.07 Å². The number of aromatic amines is 1. The van der Waals surface area contributed by atoms with E-state index in [1.54, 1.807) is 24.7 Å². The number of halogens is 1. The van der Waals surface area contributed by atoms with Crippen molar-refractivity contribution in [2.45, 2.75) is 6.54 Å². The summed E-state index contributed by atoms with van der Waals surface area (Å²) in [6.45, 7) is 0.469. The Balaban J connectivity index is 1.65. The summed E-state index contributed by atoms with van der Waals surface area (Å²) in [5.41, 5.74) is 3.20. The van der Waals surface area contributed by atoms with Crippen molar-refractivity contribution in [3.63, 3.8) is 0 Å². The molecule has 1 aromatic carbocycles. The lowest BCUT2D eigenvalue weighted by molar-refractivity contribution is 0.628. The van der Waals surface area contributed by atoms with Crippen LogP contribution < -0.4 is 5.32 Å². The summed E-state index contributed by atoms with van der Waals surface area (Å²) in [6.07, 6.45) is 5.14. The fourth-order valence-corrected chi connectivity index (χ4v) is 2.49. The van der Waals surface area contributed by atoms with Gasteiger partial charge in [-0.15, -0.1) is 0 Å². The molecule has 0 aliphatic rings.